The van der Waals surface area contributed by atoms with Crippen molar-refractivity contribution < 1.29 is 0 Å². The van der Waals surface area contributed by atoms with Gasteiger partial charge in [-0.05, 0) is 78.8 Å². The van der Waals surface area contributed by atoms with Gasteiger partial charge in [-0.3, -0.25) is 0 Å². The minimum Gasteiger partial charge on any atom is -0.0683 e. The molecule has 6 rings (SSSR count). The summed E-state index contributed by atoms with van der Waals surface area (Å²) < 4.78 is 0. The van der Waals surface area contributed by atoms with Gasteiger partial charge in [0.05, 0.1) is 0 Å². The van der Waals surface area contributed by atoms with Crippen LogP contribution in [-0.4, -0.2) is 0 Å². The highest BCUT2D eigenvalue weighted by Crippen LogP contribution is 2.51. The van der Waals surface area contributed by atoms with Crippen molar-refractivity contribution in [1.29, 1.82) is 0 Å². The summed E-state index contributed by atoms with van der Waals surface area (Å²) in [4.78, 5) is 0. The van der Waals surface area contributed by atoms with E-state index in [-0.39, 0.29) is 5.41 Å². The minimum atomic E-state index is 0.0137. The first-order chi connectivity index (χ1) is 16.5. The summed E-state index contributed by atoms with van der Waals surface area (Å²) in [5.41, 5.74) is 5.68. The van der Waals surface area contributed by atoms with E-state index >= 15 is 0 Å². The van der Waals surface area contributed by atoms with Crippen molar-refractivity contribution in [3.8, 4) is 11.1 Å². The molecular formula is C34H40. The van der Waals surface area contributed by atoms with E-state index in [1.165, 1.54) is 61.0 Å². The van der Waals surface area contributed by atoms with Gasteiger partial charge in [-0.25, -0.2) is 0 Å². The molecule has 0 fully saturated rings. The molecule has 34 heavy (non-hydrogen) atoms. The average molecular weight is 449 g/mol. The van der Waals surface area contributed by atoms with Crippen molar-refractivity contribution in [3.63, 3.8) is 0 Å². The summed E-state index contributed by atoms with van der Waals surface area (Å²) in [5.74, 6) is 0. The SMILES string of the molecule is CC.CC.CC1(C)c2cc3ccccc3cc2-c2cc3ccc4ccccc4c3cc21.CCC. The van der Waals surface area contributed by atoms with E-state index in [9.17, 15) is 0 Å². The topological polar surface area (TPSA) is 0 Å². The Morgan fingerprint density at radius 1 is 0.500 bits per heavy atom. The van der Waals surface area contributed by atoms with Crippen molar-refractivity contribution in [1.82, 2.24) is 0 Å². The molecule has 176 valence electrons. The van der Waals surface area contributed by atoms with Crippen LogP contribution in [0.15, 0.2) is 84.9 Å². The van der Waals surface area contributed by atoms with Gasteiger partial charge in [-0.1, -0.05) is 122 Å². The molecule has 0 bridgehead atoms. The fourth-order valence-electron chi connectivity index (χ4n) is 4.92. The first kappa shape index (κ1) is 25.5. The zero-order valence-corrected chi connectivity index (χ0v) is 22.3. The Hall–Kier alpha value is -3.12. The molecule has 0 unspecified atom stereocenters. The van der Waals surface area contributed by atoms with Gasteiger partial charge in [0.2, 0.25) is 0 Å². The van der Waals surface area contributed by atoms with Gasteiger partial charge >= 0.3 is 0 Å². The molecule has 1 aliphatic carbocycles. The molecule has 0 saturated heterocycles. The first-order valence-electron chi connectivity index (χ1n) is 13.0. The molecule has 0 spiro atoms. The Bertz CT molecular complexity index is 1400. The molecule has 0 amide bonds. The average Bonchev–Trinajstić information content (AvgIpc) is 3.10. The van der Waals surface area contributed by atoms with Crippen LogP contribution >= 0.6 is 0 Å². The highest BCUT2D eigenvalue weighted by molar-refractivity contribution is 6.10. The predicted octanol–water partition coefficient (Wildman–Crippen LogP) is 10.9. The summed E-state index contributed by atoms with van der Waals surface area (Å²) in [6.07, 6.45) is 1.25. The summed E-state index contributed by atoms with van der Waals surface area (Å²) in [6.45, 7) is 17.0. The van der Waals surface area contributed by atoms with Crippen molar-refractivity contribution in [3.05, 3.63) is 96.1 Å². The summed E-state index contributed by atoms with van der Waals surface area (Å²) in [7, 11) is 0. The lowest BCUT2D eigenvalue weighted by molar-refractivity contribution is 0.662. The molecule has 0 saturated carbocycles. The monoisotopic (exact) mass is 448 g/mol. The van der Waals surface area contributed by atoms with E-state index < -0.39 is 0 Å². The molecule has 0 radical (unpaired) electrons. The summed E-state index contributed by atoms with van der Waals surface area (Å²) in [6, 6.07) is 31.5. The Morgan fingerprint density at radius 2 is 0.941 bits per heavy atom. The van der Waals surface area contributed by atoms with E-state index in [4.69, 9.17) is 0 Å². The molecular weight excluding hydrogens is 408 g/mol. The van der Waals surface area contributed by atoms with Crippen LogP contribution in [0, 0.1) is 0 Å². The summed E-state index contributed by atoms with van der Waals surface area (Å²) >= 11 is 0. The maximum Gasteiger partial charge on any atom is 0.0159 e. The quantitative estimate of drug-likeness (QED) is 0.207. The fraction of sp³-hybridized carbons (Fsp3) is 0.294. The second kappa shape index (κ2) is 10.9. The van der Waals surface area contributed by atoms with Gasteiger partial charge in [0.15, 0.2) is 0 Å². The van der Waals surface area contributed by atoms with Crippen molar-refractivity contribution in [2.75, 3.05) is 0 Å². The van der Waals surface area contributed by atoms with Crippen molar-refractivity contribution in [2.24, 2.45) is 0 Å². The molecule has 0 aliphatic heterocycles. The lowest BCUT2D eigenvalue weighted by Crippen LogP contribution is -2.14. The second-order valence-electron chi connectivity index (χ2n) is 8.98. The largest absolute Gasteiger partial charge is 0.0683 e. The Labute approximate surface area is 206 Å². The van der Waals surface area contributed by atoms with Gasteiger partial charge in [0.25, 0.3) is 0 Å². The number of hydrogen-bond acceptors (Lipinski definition) is 0. The van der Waals surface area contributed by atoms with Gasteiger partial charge in [0.1, 0.15) is 0 Å². The fourth-order valence-corrected chi connectivity index (χ4v) is 4.92. The summed E-state index contributed by atoms with van der Waals surface area (Å²) in [5, 5.41) is 7.98. The Balaban J connectivity index is 0.000000423. The molecule has 0 nitrogen and oxygen atoms in total. The third kappa shape index (κ3) is 4.34. The third-order valence-corrected chi connectivity index (χ3v) is 6.41. The van der Waals surface area contributed by atoms with Gasteiger partial charge < -0.3 is 0 Å². The number of benzene rings is 5. The Kier molecular flexibility index (Phi) is 8.15. The normalized spacial score (nSPS) is 12.5. The van der Waals surface area contributed by atoms with Gasteiger partial charge in [-0.15, -0.1) is 0 Å². The van der Waals surface area contributed by atoms with E-state index in [1.807, 2.05) is 27.7 Å². The molecule has 5 aromatic carbocycles. The van der Waals surface area contributed by atoms with E-state index in [0.29, 0.717) is 0 Å². The molecule has 0 N–H and O–H groups in total. The highest BCUT2D eigenvalue weighted by Gasteiger charge is 2.36. The highest BCUT2D eigenvalue weighted by atomic mass is 14.4. The molecule has 0 aromatic heterocycles. The lowest BCUT2D eigenvalue weighted by atomic mass is 9.81. The molecule has 0 heteroatoms. The van der Waals surface area contributed by atoms with Crippen LogP contribution in [0.1, 0.15) is 72.9 Å². The molecule has 5 aromatic rings. The van der Waals surface area contributed by atoms with Crippen molar-refractivity contribution in [2.45, 2.75) is 67.2 Å². The van der Waals surface area contributed by atoms with Crippen LogP contribution in [0.5, 0.6) is 0 Å². The second-order valence-corrected chi connectivity index (χ2v) is 8.98. The number of rotatable bonds is 0. The van der Waals surface area contributed by atoms with Crippen LogP contribution in [0.4, 0.5) is 0 Å². The standard InChI is InChI=1S/C27H20.C3H8.2C2H6/c1-27(2)25-15-19-9-4-3-8-18(19)13-23(25)24-14-20-12-11-17-7-5-6-10-21(17)22(20)16-26(24)27;1-3-2;2*1-2/h3-16H,1-2H3;3H2,1-2H3;2*1-2H3. The van der Waals surface area contributed by atoms with E-state index in [1.54, 1.807) is 0 Å². The van der Waals surface area contributed by atoms with Crippen molar-refractivity contribution >= 4 is 32.3 Å². The smallest absolute Gasteiger partial charge is 0.0159 e. The minimum absolute atomic E-state index is 0.0137. The molecule has 1 aliphatic rings. The predicted molar refractivity (Wildman–Crippen MR) is 155 cm³/mol. The third-order valence-electron chi connectivity index (χ3n) is 6.41. The zero-order valence-electron chi connectivity index (χ0n) is 22.3. The van der Waals surface area contributed by atoms with E-state index in [2.05, 4.69) is 113 Å². The maximum absolute atomic E-state index is 2.44. The van der Waals surface area contributed by atoms with Gasteiger partial charge in [0, 0.05) is 5.41 Å². The number of fused-ring (bicyclic) bond motifs is 7. The van der Waals surface area contributed by atoms with Crippen LogP contribution in [0.3, 0.4) is 0 Å². The van der Waals surface area contributed by atoms with Gasteiger partial charge in [-0.2, -0.15) is 0 Å². The molecule has 0 atom stereocenters. The Morgan fingerprint density at radius 3 is 1.56 bits per heavy atom. The maximum atomic E-state index is 2.44. The van der Waals surface area contributed by atoms with Crippen LogP contribution in [-0.2, 0) is 5.41 Å². The van der Waals surface area contributed by atoms with Crippen LogP contribution in [0.25, 0.3) is 43.4 Å². The van der Waals surface area contributed by atoms with Crippen LogP contribution in [0.2, 0.25) is 0 Å². The van der Waals surface area contributed by atoms with Crippen LogP contribution < -0.4 is 0 Å². The molecule has 0 heterocycles. The van der Waals surface area contributed by atoms with E-state index in [0.717, 1.165) is 0 Å². The first-order valence-corrected chi connectivity index (χ1v) is 13.0. The zero-order chi connectivity index (χ0) is 24.9. The number of hydrogen-bond donors (Lipinski definition) is 0. The lowest BCUT2D eigenvalue weighted by Gasteiger charge is -2.22.